The van der Waals surface area contributed by atoms with Gasteiger partial charge in [0, 0.05) is 0 Å². The van der Waals surface area contributed by atoms with Gasteiger partial charge in [0.05, 0.1) is 42.2 Å². The molecule has 0 atom stereocenters. The lowest BCUT2D eigenvalue weighted by molar-refractivity contribution is -0.385. The highest BCUT2D eigenvalue weighted by atomic mass is 19.1. The van der Waals surface area contributed by atoms with E-state index in [1.807, 2.05) is 6.92 Å². The first-order valence-corrected chi connectivity index (χ1v) is 7.59. The molecular formula is C17H18FN3O4. The van der Waals surface area contributed by atoms with Crippen LogP contribution in [0, 0.1) is 15.9 Å². The quantitative estimate of drug-likeness (QED) is 0.443. The molecule has 0 spiro atoms. The van der Waals surface area contributed by atoms with Crippen molar-refractivity contribution >= 4 is 17.6 Å². The number of benzene rings is 2. The van der Waals surface area contributed by atoms with Crippen molar-refractivity contribution in [1.29, 1.82) is 0 Å². The maximum atomic E-state index is 12.9. The number of hydrazone groups is 1. The normalized spacial score (nSPS) is 10.7. The molecule has 0 saturated heterocycles. The van der Waals surface area contributed by atoms with Crippen LogP contribution in [-0.2, 0) is 0 Å². The van der Waals surface area contributed by atoms with Gasteiger partial charge in [-0.1, -0.05) is 6.92 Å². The number of ether oxygens (including phenoxy) is 2. The number of anilines is 1. The molecular weight excluding hydrogens is 329 g/mol. The lowest BCUT2D eigenvalue weighted by Gasteiger charge is -2.11. The summed E-state index contributed by atoms with van der Waals surface area (Å²) in [6.45, 7) is 2.41. The molecule has 2 rings (SSSR count). The van der Waals surface area contributed by atoms with E-state index in [-0.39, 0.29) is 22.8 Å². The summed E-state index contributed by atoms with van der Waals surface area (Å²) in [5.74, 6) is 0.319. The minimum atomic E-state index is -0.522. The van der Waals surface area contributed by atoms with Gasteiger partial charge in [-0.25, -0.2) is 4.39 Å². The molecule has 2 aromatic rings. The Morgan fingerprint density at radius 2 is 2.00 bits per heavy atom. The molecule has 132 valence electrons. The number of rotatable bonds is 8. The van der Waals surface area contributed by atoms with Crippen LogP contribution in [0.5, 0.6) is 11.5 Å². The Balaban J connectivity index is 2.28. The average molecular weight is 347 g/mol. The number of hydrogen-bond acceptors (Lipinski definition) is 6. The van der Waals surface area contributed by atoms with E-state index in [0.717, 1.165) is 6.42 Å². The summed E-state index contributed by atoms with van der Waals surface area (Å²) in [5.41, 5.74) is 3.33. The summed E-state index contributed by atoms with van der Waals surface area (Å²) in [6, 6.07) is 8.37. The van der Waals surface area contributed by atoms with Crippen LogP contribution in [0.15, 0.2) is 41.5 Å². The van der Waals surface area contributed by atoms with Crippen LogP contribution in [0.3, 0.4) is 0 Å². The van der Waals surface area contributed by atoms with E-state index in [9.17, 15) is 14.5 Å². The van der Waals surface area contributed by atoms with E-state index in [0.29, 0.717) is 18.0 Å². The molecule has 0 radical (unpaired) electrons. The lowest BCUT2D eigenvalue weighted by atomic mass is 10.1. The van der Waals surface area contributed by atoms with Gasteiger partial charge < -0.3 is 9.47 Å². The Morgan fingerprint density at radius 1 is 1.28 bits per heavy atom. The highest BCUT2D eigenvalue weighted by molar-refractivity contribution is 5.87. The first-order valence-electron chi connectivity index (χ1n) is 7.59. The number of nitrogens with one attached hydrogen (secondary N) is 1. The summed E-state index contributed by atoms with van der Waals surface area (Å²) in [5, 5.41) is 15.2. The molecule has 0 amide bonds. The number of nitro groups is 1. The van der Waals surface area contributed by atoms with Gasteiger partial charge in [-0.15, -0.1) is 0 Å². The third kappa shape index (κ3) is 4.90. The molecule has 0 aliphatic carbocycles. The van der Waals surface area contributed by atoms with Crippen molar-refractivity contribution in [1.82, 2.24) is 0 Å². The number of hydrogen-bond donors (Lipinski definition) is 1. The van der Waals surface area contributed by atoms with Gasteiger partial charge in [-0.3, -0.25) is 15.5 Å². The highest BCUT2D eigenvalue weighted by Gasteiger charge is 2.18. The zero-order chi connectivity index (χ0) is 18.2. The van der Waals surface area contributed by atoms with Crippen LogP contribution in [0.1, 0.15) is 18.9 Å². The number of nitro benzene ring substituents is 1. The van der Waals surface area contributed by atoms with E-state index < -0.39 is 4.92 Å². The SMILES string of the molecule is CCCOc1cc(C=NNc2ccc(F)cc2)c([N+](=O)[O-])cc1OC. The maximum Gasteiger partial charge on any atom is 0.282 e. The summed E-state index contributed by atoms with van der Waals surface area (Å²) in [6.07, 6.45) is 2.09. The second-order valence-corrected chi connectivity index (χ2v) is 5.04. The van der Waals surface area contributed by atoms with Gasteiger partial charge in [-0.05, 0) is 36.8 Å². The van der Waals surface area contributed by atoms with E-state index in [4.69, 9.17) is 9.47 Å². The minimum Gasteiger partial charge on any atom is -0.493 e. The molecule has 1 N–H and O–H groups in total. The third-order valence-electron chi connectivity index (χ3n) is 3.21. The van der Waals surface area contributed by atoms with Crippen LogP contribution in [0.25, 0.3) is 0 Å². The first kappa shape index (κ1) is 18.2. The van der Waals surface area contributed by atoms with Crippen molar-refractivity contribution < 1.29 is 18.8 Å². The van der Waals surface area contributed by atoms with Crippen LogP contribution in [0.2, 0.25) is 0 Å². The van der Waals surface area contributed by atoms with Crippen LogP contribution >= 0.6 is 0 Å². The van der Waals surface area contributed by atoms with E-state index in [1.165, 1.54) is 49.7 Å². The summed E-state index contributed by atoms with van der Waals surface area (Å²) in [4.78, 5) is 10.7. The molecule has 0 heterocycles. The molecule has 0 aliphatic heterocycles. The molecule has 8 heteroatoms. The maximum absolute atomic E-state index is 12.9. The molecule has 0 saturated carbocycles. The van der Waals surface area contributed by atoms with Crippen molar-refractivity contribution in [2.75, 3.05) is 19.1 Å². The predicted octanol–water partition coefficient (Wildman–Crippen LogP) is 3.98. The number of halogens is 1. The highest BCUT2D eigenvalue weighted by Crippen LogP contribution is 2.34. The van der Waals surface area contributed by atoms with Crippen LogP contribution in [-0.4, -0.2) is 24.9 Å². The zero-order valence-electron chi connectivity index (χ0n) is 13.9. The fraction of sp³-hybridized carbons (Fsp3) is 0.235. The van der Waals surface area contributed by atoms with Gasteiger partial charge in [0.1, 0.15) is 5.82 Å². The Bertz CT molecular complexity index is 763. The van der Waals surface area contributed by atoms with Crippen molar-refractivity contribution in [3.8, 4) is 11.5 Å². The molecule has 2 aromatic carbocycles. The summed E-state index contributed by atoms with van der Waals surface area (Å²) >= 11 is 0. The van der Waals surface area contributed by atoms with Gasteiger partial charge in [0.15, 0.2) is 11.5 Å². The minimum absolute atomic E-state index is 0.162. The van der Waals surface area contributed by atoms with Gasteiger partial charge >= 0.3 is 0 Å². The zero-order valence-corrected chi connectivity index (χ0v) is 13.9. The van der Waals surface area contributed by atoms with E-state index in [2.05, 4.69) is 10.5 Å². The Kier molecular flexibility index (Phi) is 6.27. The second-order valence-electron chi connectivity index (χ2n) is 5.04. The molecule has 0 aliphatic rings. The number of methoxy groups -OCH3 is 1. The summed E-state index contributed by atoms with van der Waals surface area (Å²) < 4.78 is 23.6. The molecule has 0 aromatic heterocycles. The van der Waals surface area contributed by atoms with Crippen molar-refractivity contribution in [2.24, 2.45) is 5.10 Å². The molecule has 0 unspecified atom stereocenters. The fourth-order valence-corrected chi connectivity index (χ4v) is 2.01. The first-order chi connectivity index (χ1) is 12.0. The molecule has 25 heavy (non-hydrogen) atoms. The number of nitrogens with zero attached hydrogens (tertiary/aromatic N) is 2. The summed E-state index contributed by atoms with van der Waals surface area (Å²) in [7, 11) is 1.42. The van der Waals surface area contributed by atoms with Gasteiger partial charge in [-0.2, -0.15) is 5.10 Å². The molecule has 0 fully saturated rings. The van der Waals surface area contributed by atoms with Crippen molar-refractivity contribution in [2.45, 2.75) is 13.3 Å². The molecule has 7 nitrogen and oxygen atoms in total. The van der Waals surface area contributed by atoms with Crippen LogP contribution < -0.4 is 14.9 Å². The predicted molar refractivity (Wildman–Crippen MR) is 93.1 cm³/mol. The second kappa shape index (κ2) is 8.62. The van der Waals surface area contributed by atoms with Crippen molar-refractivity contribution in [3.63, 3.8) is 0 Å². The smallest absolute Gasteiger partial charge is 0.282 e. The topological polar surface area (TPSA) is 86.0 Å². The molecule has 0 bridgehead atoms. The fourth-order valence-electron chi connectivity index (χ4n) is 2.01. The van der Waals surface area contributed by atoms with Crippen molar-refractivity contribution in [3.05, 3.63) is 57.9 Å². The van der Waals surface area contributed by atoms with E-state index >= 15 is 0 Å². The largest absolute Gasteiger partial charge is 0.493 e. The Labute approximate surface area is 144 Å². The Hall–Kier alpha value is -3.16. The third-order valence-corrected chi connectivity index (χ3v) is 3.21. The monoisotopic (exact) mass is 347 g/mol. The van der Waals surface area contributed by atoms with Gasteiger partial charge in [0.2, 0.25) is 0 Å². The lowest BCUT2D eigenvalue weighted by Crippen LogP contribution is -2.02. The average Bonchev–Trinajstić information content (AvgIpc) is 2.61. The van der Waals surface area contributed by atoms with E-state index in [1.54, 1.807) is 0 Å². The van der Waals surface area contributed by atoms with Crippen LogP contribution in [0.4, 0.5) is 15.8 Å². The Morgan fingerprint density at radius 3 is 2.60 bits per heavy atom. The standard InChI is InChI=1S/C17H18FN3O4/c1-3-8-25-17-9-12(15(21(22)23)10-16(17)24-2)11-19-20-14-6-4-13(18)5-7-14/h4-7,9-11,20H,3,8H2,1-2H3. The van der Waals surface area contributed by atoms with Gasteiger partial charge in [0.25, 0.3) is 5.69 Å².